The first-order valence-electron chi connectivity index (χ1n) is 6.05. The molecule has 0 aliphatic carbocycles. The Labute approximate surface area is 102 Å². The van der Waals surface area contributed by atoms with Gasteiger partial charge in [-0.15, -0.1) is 0 Å². The van der Waals surface area contributed by atoms with Crippen LogP contribution in [0.15, 0.2) is 12.5 Å². The van der Waals surface area contributed by atoms with Crippen LogP contribution in [0.3, 0.4) is 0 Å². The molecule has 1 N–H and O–H groups in total. The topological polar surface area (TPSA) is 56.2 Å². The summed E-state index contributed by atoms with van der Waals surface area (Å²) < 4.78 is 7.03. The number of imidazole rings is 1. The number of nitrogens with one attached hydrogen (secondary N) is 1. The van der Waals surface area contributed by atoms with E-state index in [2.05, 4.69) is 21.8 Å². The molecule has 0 aliphatic heterocycles. The molecular formula is C12H21N3O2. The van der Waals surface area contributed by atoms with E-state index in [1.54, 1.807) is 12.5 Å². The van der Waals surface area contributed by atoms with Crippen LogP contribution in [0.2, 0.25) is 0 Å². The lowest BCUT2D eigenvalue weighted by atomic mass is 10.1. The van der Waals surface area contributed by atoms with E-state index in [0.717, 1.165) is 18.7 Å². The maximum atomic E-state index is 11.5. The summed E-state index contributed by atoms with van der Waals surface area (Å²) in [5, 5.41) is 3.13. The summed E-state index contributed by atoms with van der Waals surface area (Å²) in [6.45, 7) is 5.26. The van der Waals surface area contributed by atoms with Crippen molar-refractivity contribution in [3.63, 3.8) is 0 Å². The van der Waals surface area contributed by atoms with Crippen LogP contribution in [0.5, 0.6) is 0 Å². The van der Waals surface area contributed by atoms with E-state index < -0.39 is 0 Å². The Hall–Kier alpha value is -1.36. The molecule has 0 saturated carbocycles. The zero-order valence-electron chi connectivity index (χ0n) is 10.8. The minimum Gasteiger partial charge on any atom is -0.466 e. The van der Waals surface area contributed by atoms with Crippen molar-refractivity contribution in [1.82, 2.24) is 14.9 Å². The molecule has 1 heterocycles. The van der Waals surface area contributed by atoms with Gasteiger partial charge in [-0.25, -0.2) is 4.98 Å². The van der Waals surface area contributed by atoms with E-state index in [1.165, 1.54) is 0 Å². The summed E-state index contributed by atoms with van der Waals surface area (Å²) in [6, 6.07) is -0.0388. The van der Waals surface area contributed by atoms with E-state index >= 15 is 0 Å². The Bertz CT molecular complexity index is 349. The molecule has 5 heteroatoms. The highest BCUT2D eigenvalue weighted by Crippen LogP contribution is 2.17. The molecule has 0 fully saturated rings. The summed E-state index contributed by atoms with van der Waals surface area (Å²) in [7, 11) is 1.84. The summed E-state index contributed by atoms with van der Waals surface area (Å²) in [5.74, 6) is -0.184. The van der Waals surface area contributed by atoms with Crippen molar-refractivity contribution in [3.8, 4) is 0 Å². The third-order valence-electron chi connectivity index (χ3n) is 2.59. The summed E-state index contributed by atoms with van der Waals surface area (Å²) in [4.78, 5) is 15.6. The first-order chi connectivity index (χ1) is 8.22. The molecule has 1 unspecified atom stereocenters. The summed E-state index contributed by atoms with van der Waals surface area (Å²) in [5.41, 5.74) is 1.03. The quantitative estimate of drug-likeness (QED) is 0.733. The van der Waals surface area contributed by atoms with E-state index in [4.69, 9.17) is 4.74 Å². The number of hydrogen-bond acceptors (Lipinski definition) is 4. The van der Waals surface area contributed by atoms with Crippen LogP contribution in [0.25, 0.3) is 0 Å². The van der Waals surface area contributed by atoms with Crippen molar-refractivity contribution in [2.24, 2.45) is 0 Å². The monoisotopic (exact) mass is 239 g/mol. The van der Waals surface area contributed by atoms with Gasteiger partial charge >= 0.3 is 5.97 Å². The predicted octanol–water partition coefficient (Wildman–Crippen LogP) is 1.51. The fourth-order valence-electron chi connectivity index (χ4n) is 1.79. The number of hydrogen-bond donors (Lipinski definition) is 1. The lowest BCUT2D eigenvalue weighted by Gasteiger charge is -2.17. The van der Waals surface area contributed by atoms with Gasteiger partial charge in [0.1, 0.15) is 0 Å². The van der Waals surface area contributed by atoms with Crippen molar-refractivity contribution in [2.75, 3.05) is 13.7 Å². The van der Waals surface area contributed by atoms with Gasteiger partial charge in [0.2, 0.25) is 0 Å². The van der Waals surface area contributed by atoms with E-state index in [1.807, 2.05) is 14.0 Å². The molecule has 0 amide bonds. The highest BCUT2D eigenvalue weighted by molar-refractivity contribution is 5.70. The van der Waals surface area contributed by atoms with Crippen molar-refractivity contribution < 1.29 is 9.53 Å². The Kier molecular flexibility index (Phi) is 5.69. The molecule has 5 nitrogen and oxygen atoms in total. The number of ether oxygens (including phenoxy) is 1. The van der Waals surface area contributed by atoms with Crippen LogP contribution in [-0.2, 0) is 16.1 Å². The van der Waals surface area contributed by atoms with Crippen LogP contribution in [0, 0.1) is 0 Å². The number of rotatable bonds is 7. The maximum Gasteiger partial charge on any atom is 0.307 e. The maximum absolute atomic E-state index is 11.5. The molecule has 0 saturated heterocycles. The van der Waals surface area contributed by atoms with Crippen molar-refractivity contribution in [1.29, 1.82) is 0 Å². The Morgan fingerprint density at radius 2 is 2.35 bits per heavy atom. The highest BCUT2D eigenvalue weighted by atomic mass is 16.5. The SMILES string of the molecule is CCCn1cncc1C(CC(=O)OCC)NC. The molecule has 0 aliphatic rings. The molecule has 0 aromatic carbocycles. The number of carbonyl (C=O) groups excluding carboxylic acids is 1. The van der Waals surface area contributed by atoms with E-state index in [9.17, 15) is 4.79 Å². The number of nitrogens with zero attached hydrogens (tertiary/aromatic N) is 2. The zero-order valence-corrected chi connectivity index (χ0v) is 10.8. The van der Waals surface area contributed by atoms with Crippen LogP contribution >= 0.6 is 0 Å². The van der Waals surface area contributed by atoms with Gasteiger partial charge in [0.25, 0.3) is 0 Å². The Balaban J connectivity index is 2.71. The molecule has 0 radical (unpaired) electrons. The average Bonchev–Trinajstić information content (AvgIpc) is 2.75. The third-order valence-corrected chi connectivity index (χ3v) is 2.59. The molecule has 1 aromatic rings. The second-order valence-corrected chi connectivity index (χ2v) is 3.86. The van der Waals surface area contributed by atoms with Gasteiger partial charge in [-0.2, -0.15) is 0 Å². The molecule has 1 rings (SSSR count). The number of aromatic nitrogens is 2. The van der Waals surface area contributed by atoms with Crippen LogP contribution in [0.4, 0.5) is 0 Å². The Morgan fingerprint density at radius 3 is 2.94 bits per heavy atom. The summed E-state index contributed by atoms with van der Waals surface area (Å²) >= 11 is 0. The molecule has 0 spiro atoms. The standard InChI is InChI=1S/C12H21N3O2/c1-4-6-15-9-14-8-11(15)10(13-3)7-12(16)17-5-2/h8-10,13H,4-7H2,1-3H3. The molecule has 1 aromatic heterocycles. The van der Waals surface area contributed by atoms with E-state index in [-0.39, 0.29) is 12.0 Å². The van der Waals surface area contributed by atoms with Gasteiger partial charge in [0.15, 0.2) is 0 Å². The summed E-state index contributed by atoms with van der Waals surface area (Å²) in [6.07, 6.45) is 4.98. The van der Waals surface area contributed by atoms with Gasteiger partial charge in [0, 0.05) is 12.7 Å². The fourth-order valence-corrected chi connectivity index (χ4v) is 1.79. The lowest BCUT2D eigenvalue weighted by molar-refractivity contribution is -0.143. The number of esters is 1. The van der Waals surface area contributed by atoms with Crippen LogP contribution in [-0.4, -0.2) is 29.2 Å². The molecule has 1 atom stereocenters. The lowest BCUT2D eigenvalue weighted by Crippen LogP contribution is -2.23. The number of carbonyl (C=O) groups is 1. The third kappa shape index (κ3) is 3.85. The number of aryl methyl sites for hydroxylation is 1. The zero-order chi connectivity index (χ0) is 12.7. The van der Waals surface area contributed by atoms with Gasteiger partial charge in [-0.3, -0.25) is 4.79 Å². The first kappa shape index (κ1) is 13.7. The Morgan fingerprint density at radius 1 is 1.59 bits per heavy atom. The second-order valence-electron chi connectivity index (χ2n) is 3.86. The van der Waals surface area contributed by atoms with Crippen LogP contribution < -0.4 is 5.32 Å². The van der Waals surface area contributed by atoms with Gasteiger partial charge < -0.3 is 14.6 Å². The molecule has 17 heavy (non-hydrogen) atoms. The predicted molar refractivity (Wildman–Crippen MR) is 65.6 cm³/mol. The fraction of sp³-hybridized carbons (Fsp3) is 0.667. The molecular weight excluding hydrogens is 218 g/mol. The van der Waals surface area contributed by atoms with Gasteiger partial charge in [0.05, 0.1) is 31.1 Å². The normalized spacial score (nSPS) is 12.4. The minimum absolute atomic E-state index is 0.0388. The molecule has 96 valence electrons. The highest BCUT2D eigenvalue weighted by Gasteiger charge is 2.18. The minimum atomic E-state index is -0.184. The molecule has 0 bridgehead atoms. The van der Waals surface area contributed by atoms with E-state index in [0.29, 0.717) is 13.0 Å². The smallest absolute Gasteiger partial charge is 0.307 e. The average molecular weight is 239 g/mol. The van der Waals surface area contributed by atoms with Crippen molar-refractivity contribution >= 4 is 5.97 Å². The van der Waals surface area contributed by atoms with Crippen molar-refractivity contribution in [3.05, 3.63) is 18.2 Å². The van der Waals surface area contributed by atoms with Gasteiger partial charge in [-0.1, -0.05) is 6.92 Å². The van der Waals surface area contributed by atoms with Gasteiger partial charge in [-0.05, 0) is 20.4 Å². The first-order valence-corrected chi connectivity index (χ1v) is 6.05. The largest absolute Gasteiger partial charge is 0.466 e. The second kappa shape index (κ2) is 7.06. The van der Waals surface area contributed by atoms with Crippen LogP contribution in [0.1, 0.15) is 38.4 Å². The van der Waals surface area contributed by atoms with Crippen molar-refractivity contribution in [2.45, 2.75) is 39.3 Å².